The third-order valence-corrected chi connectivity index (χ3v) is 11.4. The van der Waals surface area contributed by atoms with Gasteiger partial charge in [-0.1, -0.05) is 121 Å². The van der Waals surface area contributed by atoms with E-state index < -0.39 is 0 Å². The molecule has 0 aliphatic heterocycles. The number of rotatable bonds is 15. The number of hydrogen-bond donors (Lipinski definition) is 0. The first kappa shape index (κ1) is 33.9. The lowest BCUT2D eigenvalue weighted by Gasteiger charge is -2.48. The Bertz CT molecular complexity index is 649. The highest BCUT2D eigenvalue weighted by atomic mass is 14.8. The van der Waals surface area contributed by atoms with Crippen LogP contribution in [0, 0.1) is 59.2 Å². The highest BCUT2D eigenvalue weighted by molar-refractivity contribution is 5.89. The van der Waals surface area contributed by atoms with Gasteiger partial charge in [0.25, 0.3) is 0 Å². The molecule has 0 spiro atoms. The molecule has 0 heterocycles. The molecule has 2 aliphatic rings. The monoisotopic (exact) mass is 530 g/mol. The van der Waals surface area contributed by atoms with Crippen LogP contribution in [-0.4, -0.2) is 11.8 Å². The first-order chi connectivity index (χ1) is 18.1. The molecule has 2 saturated carbocycles. The normalized spacial score (nSPS) is 34.3. The van der Waals surface area contributed by atoms with Crippen molar-refractivity contribution in [1.29, 1.82) is 0 Å². The second-order valence-corrected chi connectivity index (χ2v) is 14.9. The molecule has 0 amide bonds. The maximum absolute atomic E-state index is 5.80. The van der Waals surface area contributed by atoms with Crippen LogP contribution in [0.4, 0.5) is 0 Å². The van der Waals surface area contributed by atoms with Crippen molar-refractivity contribution >= 4 is 5.71 Å². The molecule has 224 valence electrons. The molecule has 2 aliphatic carbocycles. The van der Waals surface area contributed by atoms with E-state index in [4.69, 9.17) is 4.99 Å². The van der Waals surface area contributed by atoms with Crippen molar-refractivity contribution in [2.45, 2.75) is 172 Å². The highest BCUT2D eigenvalue weighted by Crippen LogP contribution is 2.50. The van der Waals surface area contributed by atoms with E-state index in [1.165, 1.54) is 96.3 Å². The van der Waals surface area contributed by atoms with Gasteiger partial charge in [0.15, 0.2) is 0 Å². The maximum atomic E-state index is 5.80. The van der Waals surface area contributed by atoms with Crippen LogP contribution in [0.25, 0.3) is 0 Å². The largest absolute Gasteiger partial charge is 0.290 e. The smallest absolute Gasteiger partial charge is 0.0499 e. The van der Waals surface area contributed by atoms with Crippen molar-refractivity contribution in [3.8, 4) is 0 Å². The van der Waals surface area contributed by atoms with E-state index in [2.05, 4.69) is 69.2 Å². The molecular weight excluding hydrogens is 458 g/mol. The van der Waals surface area contributed by atoms with Crippen LogP contribution in [0.5, 0.6) is 0 Å². The summed E-state index contributed by atoms with van der Waals surface area (Å²) in [6.45, 7) is 25.0. The maximum Gasteiger partial charge on any atom is 0.0499 e. The minimum absolute atomic E-state index is 0.560. The van der Waals surface area contributed by atoms with Gasteiger partial charge in [-0.15, -0.1) is 0 Å². The number of nitrogens with zero attached hydrogens (tertiary/aromatic N) is 1. The van der Waals surface area contributed by atoms with Crippen LogP contribution < -0.4 is 0 Å². The van der Waals surface area contributed by atoms with Crippen molar-refractivity contribution in [3.05, 3.63) is 0 Å². The van der Waals surface area contributed by atoms with Crippen molar-refractivity contribution in [2.24, 2.45) is 64.2 Å². The van der Waals surface area contributed by atoms with Gasteiger partial charge in [-0.2, -0.15) is 0 Å². The zero-order valence-corrected chi connectivity index (χ0v) is 27.9. The lowest BCUT2D eigenvalue weighted by Crippen LogP contribution is -2.40. The average molecular weight is 530 g/mol. The molecule has 38 heavy (non-hydrogen) atoms. The molecule has 0 bridgehead atoms. The predicted octanol–water partition coefficient (Wildman–Crippen LogP) is 12.0. The van der Waals surface area contributed by atoms with Crippen molar-refractivity contribution in [1.82, 2.24) is 0 Å². The number of unbranched alkanes of at least 4 members (excludes halogenated alkanes) is 3. The minimum Gasteiger partial charge on any atom is -0.290 e. The SMILES string of the molecule is CCCCCC(CCCC)N=C1C(C)CC(C)C(C(CCC(C)C)C2CCC2C)C(C)CCC1C(C)CC. The number of hydrogen-bond acceptors (Lipinski definition) is 1. The third kappa shape index (κ3) is 9.94. The summed E-state index contributed by atoms with van der Waals surface area (Å²) in [5, 5.41) is 0. The molecule has 0 saturated heterocycles. The summed E-state index contributed by atoms with van der Waals surface area (Å²) in [7, 11) is 0. The van der Waals surface area contributed by atoms with Crippen molar-refractivity contribution < 1.29 is 0 Å². The minimum atomic E-state index is 0.560. The Hall–Kier alpha value is -0.330. The topological polar surface area (TPSA) is 12.4 Å². The Morgan fingerprint density at radius 1 is 0.711 bits per heavy atom. The fourth-order valence-corrected chi connectivity index (χ4v) is 8.57. The summed E-state index contributed by atoms with van der Waals surface area (Å²) in [6.07, 6.45) is 20.6. The molecule has 0 radical (unpaired) electrons. The van der Waals surface area contributed by atoms with Gasteiger partial charge in [-0.05, 0) is 104 Å². The fourth-order valence-electron chi connectivity index (χ4n) is 8.57. The third-order valence-electron chi connectivity index (χ3n) is 11.4. The van der Waals surface area contributed by atoms with Crippen molar-refractivity contribution in [3.63, 3.8) is 0 Å². The van der Waals surface area contributed by atoms with E-state index in [9.17, 15) is 0 Å². The Morgan fingerprint density at radius 2 is 1.37 bits per heavy atom. The van der Waals surface area contributed by atoms with E-state index in [1.807, 2.05) is 0 Å². The molecule has 1 heteroatoms. The summed E-state index contributed by atoms with van der Waals surface area (Å²) < 4.78 is 0. The van der Waals surface area contributed by atoms with Gasteiger partial charge in [0.2, 0.25) is 0 Å². The van der Waals surface area contributed by atoms with Gasteiger partial charge in [-0.25, -0.2) is 0 Å². The highest BCUT2D eigenvalue weighted by Gasteiger charge is 2.43. The molecular formula is C37H71N. The Labute approximate surface area is 241 Å². The van der Waals surface area contributed by atoms with E-state index in [1.54, 1.807) is 5.71 Å². The van der Waals surface area contributed by atoms with E-state index >= 15 is 0 Å². The van der Waals surface area contributed by atoms with Crippen LogP contribution in [0.2, 0.25) is 0 Å². The molecule has 10 unspecified atom stereocenters. The van der Waals surface area contributed by atoms with Gasteiger partial charge in [0, 0.05) is 11.8 Å². The number of aliphatic imine (C=N–C) groups is 1. The van der Waals surface area contributed by atoms with Crippen molar-refractivity contribution in [2.75, 3.05) is 0 Å². The van der Waals surface area contributed by atoms with E-state index in [0.717, 1.165) is 47.3 Å². The van der Waals surface area contributed by atoms with Gasteiger partial charge < -0.3 is 0 Å². The summed E-state index contributed by atoms with van der Waals surface area (Å²) in [5.74, 6) is 8.31. The Morgan fingerprint density at radius 3 is 1.92 bits per heavy atom. The first-order valence-corrected chi connectivity index (χ1v) is 17.7. The van der Waals surface area contributed by atoms with Gasteiger partial charge in [0.05, 0.1) is 0 Å². The molecule has 2 fully saturated rings. The lowest BCUT2D eigenvalue weighted by atomic mass is 9.58. The predicted molar refractivity (Wildman–Crippen MR) is 172 cm³/mol. The van der Waals surface area contributed by atoms with Gasteiger partial charge in [-0.3, -0.25) is 4.99 Å². The van der Waals surface area contributed by atoms with Crippen LogP contribution in [-0.2, 0) is 0 Å². The van der Waals surface area contributed by atoms with Crippen LogP contribution in [0.15, 0.2) is 4.99 Å². The van der Waals surface area contributed by atoms with Crippen LogP contribution >= 0.6 is 0 Å². The summed E-state index contributed by atoms with van der Waals surface area (Å²) in [5.41, 5.74) is 1.65. The zero-order valence-electron chi connectivity index (χ0n) is 27.9. The average Bonchev–Trinajstić information content (AvgIpc) is 2.91. The van der Waals surface area contributed by atoms with Gasteiger partial charge >= 0.3 is 0 Å². The molecule has 1 nitrogen and oxygen atoms in total. The second-order valence-electron chi connectivity index (χ2n) is 14.9. The summed E-state index contributed by atoms with van der Waals surface area (Å²) in [6, 6.07) is 0.560. The molecule has 0 aromatic heterocycles. The molecule has 0 aromatic rings. The summed E-state index contributed by atoms with van der Waals surface area (Å²) >= 11 is 0. The van der Waals surface area contributed by atoms with E-state index in [0.29, 0.717) is 17.9 Å². The van der Waals surface area contributed by atoms with Crippen LogP contribution in [0.1, 0.15) is 166 Å². The molecule has 0 aromatic carbocycles. The Kier molecular flexibility index (Phi) is 15.6. The lowest BCUT2D eigenvalue weighted by molar-refractivity contribution is 0.0171. The van der Waals surface area contributed by atoms with Crippen LogP contribution in [0.3, 0.4) is 0 Å². The molecule has 10 atom stereocenters. The van der Waals surface area contributed by atoms with Gasteiger partial charge in [0.1, 0.15) is 0 Å². The second kappa shape index (κ2) is 17.5. The molecule has 2 rings (SSSR count). The summed E-state index contributed by atoms with van der Waals surface area (Å²) in [4.78, 5) is 5.80. The zero-order chi connectivity index (χ0) is 28.2. The van der Waals surface area contributed by atoms with E-state index in [-0.39, 0.29) is 0 Å². The molecule has 0 N–H and O–H groups in total. The quantitative estimate of drug-likeness (QED) is 0.187. The standard InChI is InChI=1S/C37H71N/c1-11-14-16-18-32(17-15-12-2)38-37-31(10)25-30(9)36(29(8)21-24-34(37)27(6)13-3)35(22-19-26(4)5)33-23-20-28(33)7/h26-36H,11-25H2,1-10H3. The fraction of sp³-hybridized carbons (Fsp3) is 0.973. The Balaban J connectivity index is 2.39. The first-order valence-electron chi connectivity index (χ1n) is 17.7.